The summed E-state index contributed by atoms with van der Waals surface area (Å²) in [4.78, 5) is 22.9. The Morgan fingerprint density at radius 3 is 2.05 bits per heavy atom. The van der Waals surface area contributed by atoms with Gasteiger partial charge in [-0.25, -0.2) is 4.79 Å². The number of carbonyl (C=O) groups is 2. The summed E-state index contributed by atoms with van der Waals surface area (Å²) in [6.45, 7) is 7.95. The number of hydrogen-bond acceptors (Lipinski definition) is 3. The fraction of sp³-hybridized carbons (Fsp3) is 0.692. The smallest absolute Gasteiger partial charge is 0.458 e. The Bertz CT molecular complexity index is 383. The molecule has 0 aromatic heterocycles. The van der Waals surface area contributed by atoms with Gasteiger partial charge in [0.2, 0.25) is 0 Å². The van der Waals surface area contributed by atoms with Crippen molar-refractivity contribution in [2.24, 2.45) is 5.92 Å². The Hall–Kier alpha value is -1.53. The predicted octanol–water partition coefficient (Wildman–Crippen LogP) is 2.59. The lowest BCUT2D eigenvalue weighted by Gasteiger charge is -2.27. The first-order valence-electron chi connectivity index (χ1n) is 6.12. The van der Waals surface area contributed by atoms with Crippen LogP contribution in [-0.4, -0.2) is 29.7 Å². The summed E-state index contributed by atoms with van der Waals surface area (Å²) in [5, 5.41) is 1.67. The van der Waals surface area contributed by atoms with Crippen molar-refractivity contribution in [2.75, 3.05) is 0 Å². The third kappa shape index (κ3) is 6.58. The number of alkyl halides is 3. The summed E-state index contributed by atoms with van der Waals surface area (Å²) in [6, 6.07) is -1.39. The summed E-state index contributed by atoms with van der Waals surface area (Å²) in [5.74, 6) is -3.69. The largest absolute Gasteiger partial charge is 0.471 e. The summed E-state index contributed by atoms with van der Waals surface area (Å²) in [7, 11) is 0. The number of nitrogens with one attached hydrogen (secondary N) is 1. The molecule has 0 saturated carbocycles. The van der Waals surface area contributed by atoms with Crippen LogP contribution in [0.4, 0.5) is 13.2 Å². The van der Waals surface area contributed by atoms with Crippen molar-refractivity contribution in [1.29, 1.82) is 0 Å². The molecule has 116 valence electrons. The molecule has 0 unspecified atom stereocenters. The monoisotopic (exact) mass is 295 g/mol. The Morgan fingerprint density at radius 1 is 1.20 bits per heavy atom. The average Bonchev–Trinajstić information content (AvgIpc) is 2.21. The summed E-state index contributed by atoms with van der Waals surface area (Å²) >= 11 is 0. The highest BCUT2D eigenvalue weighted by Gasteiger charge is 2.42. The molecule has 0 heterocycles. The highest BCUT2D eigenvalue weighted by Crippen LogP contribution is 2.18. The number of hydrogen-bond donors (Lipinski definition) is 1. The molecule has 4 nitrogen and oxygen atoms in total. The lowest BCUT2D eigenvalue weighted by atomic mass is 10.0. The van der Waals surface area contributed by atoms with E-state index in [1.165, 1.54) is 13.0 Å². The van der Waals surface area contributed by atoms with E-state index >= 15 is 0 Å². The van der Waals surface area contributed by atoms with Crippen molar-refractivity contribution in [1.82, 2.24) is 5.32 Å². The minimum Gasteiger partial charge on any atom is -0.458 e. The molecule has 0 aromatic carbocycles. The van der Waals surface area contributed by atoms with E-state index in [0.717, 1.165) is 0 Å². The van der Waals surface area contributed by atoms with Gasteiger partial charge in [-0.05, 0) is 27.7 Å². The van der Waals surface area contributed by atoms with E-state index in [1.54, 1.807) is 39.1 Å². The minimum absolute atomic E-state index is 0.624. The molecule has 0 rings (SSSR count). The Morgan fingerprint density at radius 2 is 1.70 bits per heavy atom. The fourth-order valence-electron chi connectivity index (χ4n) is 1.41. The highest BCUT2D eigenvalue weighted by atomic mass is 19.4. The number of halogens is 3. The highest BCUT2D eigenvalue weighted by molar-refractivity contribution is 5.88. The van der Waals surface area contributed by atoms with Gasteiger partial charge in [-0.15, -0.1) is 0 Å². The van der Waals surface area contributed by atoms with E-state index < -0.39 is 35.6 Å². The van der Waals surface area contributed by atoms with Crippen LogP contribution < -0.4 is 5.32 Å². The van der Waals surface area contributed by atoms with Crippen LogP contribution in [0, 0.1) is 5.92 Å². The first kappa shape index (κ1) is 18.5. The van der Waals surface area contributed by atoms with Gasteiger partial charge in [0.25, 0.3) is 0 Å². The molecule has 2 atom stereocenters. The molecule has 7 heteroatoms. The lowest BCUT2D eigenvalue weighted by molar-refractivity contribution is -0.177. The van der Waals surface area contributed by atoms with Gasteiger partial charge in [0.15, 0.2) is 0 Å². The molecule has 0 spiro atoms. The SMILES string of the molecule is C/C=C/[C@H](C)[C@@H](NC(=O)C(F)(F)F)C(=O)OC(C)(C)C. The minimum atomic E-state index is -5.05. The van der Waals surface area contributed by atoms with Gasteiger partial charge in [-0.3, -0.25) is 4.79 Å². The van der Waals surface area contributed by atoms with E-state index in [9.17, 15) is 22.8 Å². The number of ether oxygens (including phenoxy) is 1. The molecular weight excluding hydrogens is 275 g/mol. The maximum Gasteiger partial charge on any atom is 0.471 e. The zero-order valence-corrected chi connectivity index (χ0v) is 12.2. The number of rotatable bonds is 4. The fourth-order valence-corrected chi connectivity index (χ4v) is 1.41. The molecule has 1 amide bonds. The Balaban J connectivity index is 5.10. The first-order valence-corrected chi connectivity index (χ1v) is 6.12. The second kappa shape index (κ2) is 6.76. The van der Waals surface area contributed by atoms with E-state index in [0.29, 0.717) is 0 Å². The van der Waals surface area contributed by atoms with Crippen LogP contribution >= 0.6 is 0 Å². The second-order valence-electron chi connectivity index (χ2n) is 5.37. The molecule has 1 N–H and O–H groups in total. The first-order chi connectivity index (χ1) is 8.88. The van der Waals surface area contributed by atoms with Crippen LogP contribution in [0.3, 0.4) is 0 Å². The summed E-state index contributed by atoms with van der Waals surface area (Å²) in [6.07, 6.45) is -1.94. The van der Waals surface area contributed by atoms with Crippen LogP contribution in [0.25, 0.3) is 0 Å². The molecule has 0 saturated heterocycles. The normalized spacial score (nSPS) is 15.8. The van der Waals surface area contributed by atoms with Crippen molar-refractivity contribution in [2.45, 2.75) is 52.4 Å². The van der Waals surface area contributed by atoms with Crippen molar-refractivity contribution >= 4 is 11.9 Å². The number of allylic oxidation sites excluding steroid dienone is 1. The van der Waals surface area contributed by atoms with Crippen molar-refractivity contribution in [3.8, 4) is 0 Å². The standard InChI is InChI=1S/C13H20F3NO3/c1-6-7-8(2)9(10(18)20-12(3,4)5)17-11(19)13(14,15)16/h6-9H,1-5H3,(H,17,19)/b7-6+/t8-,9+/m0/s1. The van der Waals surface area contributed by atoms with Crippen LogP contribution in [-0.2, 0) is 14.3 Å². The van der Waals surface area contributed by atoms with Crippen LogP contribution in [0.1, 0.15) is 34.6 Å². The molecule has 0 aliphatic rings. The molecule has 0 bridgehead atoms. The summed E-state index contributed by atoms with van der Waals surface area (Å²) in [5.41, 5.74) is -0.853. The van der Waals surface area contributed by atoms with Crippen LogP contribution in [0.15, 0.2) is 12.2 Å². The van der Waals surface area contributed by atoms with Gasteiger partial charge in [0.05, 0.1) is 0 Å². The van der Waals surface area contributed by atoms with Gasteiger partial charge < -0.3 is 10.1 Å². The quantitative estimate of drug-likeness (QED) is 0.640. The lowest BCUT2D eigenvalue weighted by Crippen LogP contribution is -2.51. The number of carbonyl (C=O) groups excluding carboxylic acids is 2. The van der Waals surface area contributed by atoms with Crippen LogP contribution in [0.2, 0.25) is 0 Å². The third-order valence-corrected chi connectivity index (χ3v) is 2.23. The van der Waals surface area contributed by atoms with Gasteiger partial charge in [-0.2, -0.15) is 13.2 Å². The van der Waals surface area contributed by atoms with E-state index in [4.69, 9.17) is 4.74 Å². The zero-order chi connectivity index (χ0) is 16.1. The maximum absolute atomic E-state index is 12.3. The molecule has 0 aliphatic carbocycles. The molecule has 0 radical (unpaired) electrons. The molecule has 0 aromatic rings. The van der Waals surface area contributed by atoms with Crippen molar-refractivity contribution < 1.29 is 27.5 Å². The molecule has 0 aliphatic heterocycles. The topological polar surface area (TPSA) is 55.4 Å². The van der Waals surface area contributed by atoms with E-state index in [1.807, 2.05) is 0 Å². The Labute approximate surface area is 116 Å². The zero-order valence-electron chi connectivity index (χ0n) is 12.2. The second-order valence-corrected chi connectivity index (χ2v) is 5.37. The van der Waals surface area contributed by atoms with Gasteiger partial charge in [0, 0.05) is 5.92 Å². The van der Waals surface area contributed by atoms with Gasteiger partial charge in [0.1, 0.15) is 11.6 Å². The van der Waals surface area contributed by atoms with E-state index in [2.05, 4.69) is 0 Å². The Kier molecular flexibility index (Phi) is 6.25. The molecular formula is C13H20F3NO3. The number of esters is 1. The maximum atomic E-state index is 12.3. The van der Waals surface area contributed by atoms with E-state index in [-0.39, 0.29) is 0 Å². The van der Waals surface area contributed by atoms with Gasteiger partial charge in [-0.1, -0.05) is 19.1 Å². The number of amides is 1. The third-order valence-electron chi connectivity index (χ3n) is 2.23. The van der Waals surface area contributed by atoms with Crippen molar-refractivity contribution in [3.63, 3.8) is 0 Å². The predicted molar refractivity (Wildman–Crippen MR) is 67.8 cm³/mol. The van der Waals surface area contributed by atoms with Gasteiger partial charge >= 0.3 is 18.1 Å². The summed E-state index contributed by atoms with van der Waals surface area (Å²) < 4.78 is 41.9. The van der Waals surface area contributed by atoms with Crippen molar-refractivity contribution in [3.05, 3.63) is 12.2 Å². The van der Waals surface area contributed by atoms with Crippen LogP contribution in [0.5, 0.6) is 0 Å². The molecule has 0 fully saturated rings. The molecule has 20 heavy (non-hydrogen) atoms. The average molecular weight is 295 g/mol.